The van der Waals surface area contributed by atoms with Crippen LogP contribution in [0.3, 0.4) is 0 Å². The van der Waals surface area contributed by atoms with Crippen LogP contribution >= 0.6 is 15.2 Å². The van der Waals surface area contributed by atoms with E-state index < -0.39 is 84.1 Å². The molecule has 0 aliphatic carbocycles. The summed E-state index contributed by atoms with van der Waals surface area (Å²) in [6, 6.07) is 0. The normalized spacial score (nSPS) is 14.6. The van der Waals surface area contributed by atoms with Crippen LogP contribution in [0.25, 0.3) is 0 Å². The van der Waals surface area contributed by atoms with Gasteiger partial charge in [0.25, 0.3) is 0 Å². The van der Waals surface area contributed by atoms with E-state index in [2.05, 4.69) is 22.8 Å². The first kappa shape index (κ1) is 38.1. The van der Waals surface area contributed by atoms with Crippen LogP contribution in [0.5, 0.6) is 0 Å². The van der Waals surface area contributed by atoms with E-state index in [0.717, 1.165) is 13.8 Å². The van der Waals surface area contributed by atoms with Gasteiger partial charge in [-0.1, -0.05) is 6.92 Å². The van der Waals surface area contributed by atoms with Crippen LogP contribution in [0, 0.1) is 0 Å². The summed E-state index contributed by atoms with van der Waals surface area (Å²) in [4.78, 5) is 11.3. The van der Waals surface area contributed by atoms with Crippen LogP contribution in [0.4, 0.5) is 52.7 Å². The fourth-order valence-electron chi connectivity index (χ4n) is 1.54. The SMILES string of the molecule is CCOC(=O)C(C)P(=O)(OCC(F)(F)F)OCC(F)(F)F.CCP(=O)(OCC(F)(F)F)OCC(F)(F)F. The van der Waals surface area contributed by atoms with Gasteiger partial charge < -0.3 is 4.74 Å². The molecule has 0 spiro atoms. The molecule has 0 aromatic rings. The molecule has 0 rings (SSSR count). The highest BCUT2D eigenvalue weighted by molar-refractivity contribution is 7.55. The van der Waals surface area contributed by atoms with E-state index in [1.165, 1.54) is 6.92 Å². The Morgan fingerprint density at radius 2 is 0.946 bits per heavy atom. The van der Waals surface area contributed by atoms with E-state index in [1.54, 1.807) is 0 Å². The lowest BCUT2D eigenvalue weighted by Crippen LogP contribution is -2.27. The molecular formula is C15H22F12O8P2. The van der Waals surface area contributed by atoms with Crippen molar-refractivity contribution >= 4 is 21.2 Å². The molecule has 0 bridgehead atoms. The number of halogens is 12. The summed E-state index contributed by atoms with van der Waals surface area (Å²) >= 11 is 0. The third-order valence-electron chi connectivity index (χ3n) is 3.16. The Hall–Kier alpha value is -1.07. The molecule has 37 heavy (non-hydrogen) atoms. The Kier molecular flexibility index (Phi) is 15.3. The molecule has 0 aliphatic heterocycles. The molecule has 0 fully saturated rings. The highest BCUT2D eigenvalue weighted by Gasteiger charge is 2.45. The topological polar surface area (TPSA) is 97.4 Å². The summed E-state index contributed by atoms with van der Waals surface area (Å²) in [5, 5.41) is 0. The van der Waals surface area contributed by atoms with Crippen LogP contribution in [-0.4, -0.2) is 75.5 Å². The van der Waals surface area contributed by atoms with Crippen molar-refractivity contribution in [2.24, 2.45) is 0 Å². The van der Waals surface area contributed by atoms with Crippen LogP contribution < -0.4 is 0 Å². The predicted molar refractivity (Wildman–Crippen MR) is 99.9 cm³/mol. The Balaban J connectivity index is 0. The Bertz CT molecular complexity index is 735. The molecule has 1 unspecified atom stereocenters. The minimum absolute atomic E-state index is 0.207. The van der Waals surface area contributed by atoms with Gasteiger partial charge in [-0.15, -0.1) is 0 Å². The highest BCUT2D eigenvalue weighted by atomic mass is 31.2. The van der Waals surface area contributed by atoms with Crippen molar-refractivity contribution in [1.82, 2.24) is 0 Å². The first-order valence-corrected chi connectivity index (χ1v) is 12.8. The summed E-state index contributed by atoms with van der Waals surface area (Å²) < 4.78 is 185. The zero-order valence-corrected chi connectivity index (χ0v) is 20.8. The lowest BCUT2D eigenvalue weighted by molar-refractivity contribution is -0.167. The Labute approximate surface area is 201 Å². The zero-order chi connectivity index (χ0) is 29.9. The average Bonchev–Trinajstić information content (AvgIpc) is 2.71. The van der Waals surface area contributed by atoms with Crippen LogP contribution in [0.15, 0.2) is 0 Å². The van der Waals surface area contributed by atoms with Crippen molar-refractivity contribution in [2.45, 2.75) is 51.1 Å². The maximum absolute atomic E-state index is 12.0. The van der Waals surface area contributed by atoms with Crippen molar-refractivity contribution in [3.05, 3.63) is 0 Å². The van der Waals surface area contributed by atoms with Gasteiger partial charge in [0.05, 0.1) is 6.61 Å². The maximum atomic E-state index is 12.0. The van der Waals surface area contributed by atoms with Crippen molar-refractivity contribution in [3.8, 4) is 0 Å². The molecule has 22 heteroatoms. The summed E-state index contributed by atoms with van der Waals surface area (Å²) in [6.07, 6.45) is -20.0. The van der Waals surface area contributed by atoms with Gasteiger partial charge in [-0.25, -0.2) is 0 Å². The van der Waals surface area contributed by atoms with Crippen molar-refractivity contribution < 1.29 is 89.4 Å². The number of esters is 1. The second-order valence-corrected chi connectivity index (χ2v) is 11.2. The average molecular weight is 620 g/mol. The highest BCUT2D eigenvalue weighted by Crippen LogP contribution is 2.55. The minimum Gasteiger partial charge on any atom is -0.465 e. The van der Waals surface area contributed by atoms with E-state index in [-0.39, 0.29) is 6.61 Å². The molecule has 0 radical (unpaired) electrons. The predicted octanol–water partition coefficient (Wildman–Crippen LogP) is 6.65. The van der Waals surface area contributed by atoms with E-state index in [1.807, 2.05) is 0 Å². The number of alkyl halides is 12. The molecule has 224 valence electrons. The van der Waals surface area contributed by atoms with Crippen molar-refractivity contribution in [1.29, 1.82) is 0 Å². The largest absolute Gasteiger partial charge is 0.465 e. The summed E-state index contributed by atoms with van der Waals surface area (Å²) in [7, 11) is -9.34. The number of carbonyl (C=O) groups excluding carboxylic acids is 1. The fourth-order valence-corrected chi connectivity index (χ4v) is 4.18. The Morgan fingerprint density at radius 3 is 1.19 bits per heavy atom. The molecule has 0 saturated carbocycles. The van der Waals surface area contributed by atoms with Gasteiger partial charge in [0.15, 0.2) is 32.1 Å². The third-order valence-corrected chi connectivity index (χ3v) is 7.11. The Morgan fingerprint density at radius 1 is 0.649 bits per heavy atom. The van der Waals surface area contributed by atoms with Crippen LogP contribution in [-0.2, 0) is 36.8 Å². The van der Waals surface area contributed by atoms with Gasteiger partial charge in [0, 0.05) is 6.16 Å². The lowest BCUT2D eigenvalue weighted by Gasteiger charge is -2.24. The van der Waals surface area contributed by atoms with Gasteiger partial charge in [-0.3, -0.25) is 32.0 Å². The first-order valence-electron chi connectivity index (χ1n) is 9.48. The first-order chi connectivity index (χ1) is 16.3. The van der Waals surface area contributed by atoms with Crippen LogP contribution in [0.1, 0.15) is 20.8 Å². The molecule has 0 amide bonds. The van der Waals surface area contributed by atoms with Crippen molar-refractivity contribution in [3.63, 3.8) is 0 Å². The third kappa shape index (κ3) is 20.6. The molecule has 0 saturated heterocycles. The quantitative estimate of drug-likeness (QED) is 0.136. The molecule has 1 atom stereocenters. The molecule has 0 aromatic heterocycles. The number of hydrogen-bond acceptors (Lipinski definition) is 8. The monoisotopic (exact) mass is 620 g/mol. The number of hydrogen-bond donors (Lipinski definition) is 0. The smallest absolute Gasteiger partial charge is 0.412 e. The van der Waals surface area contributed by atoms with Crippen molar-refractivity contribution in [2.75, 3.05) is 39.2 Å². The second-order valence-electron chi connectivity index (χ2n) is 6.45. The summed E-state index contributed by atoms with van der Waals surface area (Å²) in [5.41, 5.74) is -1.93. The lowest BCUT2D eigenvalue weighted by atomic mass is 10.5. The minimum atomic E-state index is -5.00. The van der Waals surface area contributed by atoms with Gasteiger partial charge in [-0.2, -0.15) is 52.7 Å². The number of carbonyl (C=O) groups is 1. The second kappa shape index (κ2) is 14.9. The number of rotatable bonds is 12. The maximum Gasteiger partial charge on any atom is 0.412 e. The molecule has 0 heterocycles. The van der Waals surface area contributed by atoms with Gasteiger partial charge in [0.1, 0.15) is 0 Å². The van der Waals surface area contributed by atoms with Crippen LogP contribution in [0.2, 0.25) is 0 Å². The summed E-state index contributed by atoms with van der Waals surface area (Å²) in [5.74, 6) is -1.29. The standard InChI is InChI=1S/C9H13F6O5P.C6H9F6O3P/c1-3-18-7(16)6(2)21(17,19-4-8(10,11)12)20-5-9(13,14)15;1-2-16(13,14-3-5(7,8)9)15-4-6(10,11)12/h6H,3-5H2,1-2H3;2-4H2,1H3. The summed E-state index contributed by atoms with van der Waals surface area (Å²) in [6.45, 7) is -5.01. The zero-order valence-electron chi connectivity index (χ0n) is 19.0. The van der Waals surface area contributed by atoms with Gasteiger partial charge >= 0.3 is 45.9 Å². The molecule has 0 aliphatic rings. The van der Waals surface area contributed by atoms with E-state index in [4.69, 9.17) is 0 Å². The molecule has 8 nitrogen and oxygen atoms in total. The fraction of sp³-hybridized carbons (Fsp3) is 0.933. The molecular weight excluding hydrogens is 598 g/mol. The van der Waals surface area contributed by atoms with E-state index >= 15 is 0 Å². The van der Waals surface area contributed by atoms with Gasteiger partial charge in [-0.05, 0) is 13.8 Å². The van der Waals surface area contributed by atoms with Gasteiger partial charge in [0.2, 0.25) is 0 Å². The molecule has 0 aromatic carbocycles. The van der Waals surface area contributed by atoms with E-state index in [0.29, 0.717) is 0 Å². The molecule has 0 N–H and O–H groups in total. The number of ether oxygens (including phenoxy) is 1. The van der Waals surface area contributed by atoms with E-state index in [9.17, 15) is 66.6 Å².